The molecule has 0 radical (unpaired) electrons. The molecule has 0 bridgehead atoms. The molecule has 1 aromatic heterocycles. The lowest BCUT2D eigenvalue weighted by Crippen LogP contribution is -2.31. The molecule has 29 heavy (non-hydrogen) atoms. The van der Waals surface area contributed by atoms with Crippen LogP contribution in [-0.4, -0.2) is 43.4 Å². The number of amides is 1. The van der Waals surface area contributed by atoms with Gasteiger partial charge in [-0.15, -0.1) is 0 Å². The second kappa shape index (κ2) is 7.46. The van der Waals surface area contributed by atoms with Crippen LogP contribution in [0.25, 0.3) is 10.9 Å². The maximum absolute atomic E-state index is 12.7. The maximum Gasteiger partial charge on any atom is 0.534 e. The highest BCUT2D eigenvalue weighted by atomic mass is 35.5. The molecule has 0 N–H and O–H groups in total. The minimum Gasteiger partial charge on any atom is -0.375 e. The Morgan fingerprint density at radius 2 is 2.00 bits per heavy atom. The molecule has 0 saturated carbocycles. The van der Waals surface area contributed by atoms with Gasteiger partial charge in [0.05, 0.1) is 16.6 Å². The monoisotopic (exact) mass is 472 g/mol. The van der Waals surface area contributed by atoms with Crippen LogP contribution in [0.2, 0.25) is 10.0 Å². The number of hydrogen-bond acceptors (Lipinski definition) is 6. The van der Waals surface area contributed by atoms with Crippen LogP contribution in [0.15, 0.2) is 12.3 Å². The number of pyridine rings is 1. The van der Waals surface area contributed by atoms with Gasteiger partial charge in [-0.25, -0.2) is 0 Å². The summed E-state index contributed by atoms with van der Waals surface area (Å²) in [6.07, 6.45) is 1.48. The van der Waals surface area contributed by atoms with Gasteiger partial charge < -0.3 is 13.8 Å². The predicted octanol–water partition coefficient (Wildman–Crippen LogP) is 3.82. The Hall–Kier alpha value is -1.82. The Morgan fingerprint density at radius 1 is 1.34 bits per heavy atom. The van der Waals surface area contributed by atoms with E-state index >= 15 is 0 Å². The van der Waals surface area contributed by atoms with Gasteiger partial charge in [-0.1, -0.05) is 23.2 Å². The number of fused-ring (bicyclic) bond motifs is 3. The van der Waals surface area contributed by atoms with Crippen LogP contribution in [0.1, 0.15) is 24.1 Å². The minimum absolute atomic E-state index is 0.139. The molecule has 1 amide bonds. The van der Waals surface area contributed by atoms with Crippen molar-refractivity contribution in [2.75, 3.05) is 13.7 Å². The van der Waals surface area contributed by atoms with Crippen molar-refractivity contribution in [2.45, 2.75) is 25.0 Å². The van der Waals surface area contributed by atoms with Gasteiger partial charge in [-0.3, -0.25) is 9.78 Å². The average Bonchev–Trinajstić information content (AvgIpc) is 2.95. The van der Waals surface area contributed by atoms with Gasteiger partial charge in [0.2, 0.25) is 5.91 Å². The van der Waals surface area contributed by atoms with Crippen molar-refractivity contribution >= 4 is 50.1 Å². The lowest BCUT2D eigenvalue weighted by Gasteiger charge is -2.22. The predicted molar refractivity (Wildman–Crippen MR) is 98.2 cm³/mol. The number of hydrogen-bond donors (Lipinski definition) is 0. The zero-order chi connectivity index (χ0) is 21.7. The Bertz CT molecular complexity index is 1110. The van der Waals surface area contributed by atoms with Gasteiger partial charge in [-0.2, -0.15) is 21.6 Å². The van der Waals surface area contributed by atoms with Crippen LogP contribution in [0.5, 0.6) is 5.75 Å². The molecule has 2 aromatic rings. The van der Waals surface area contributed by atoms with Crippen LogP contribution in [-0.2, 0) is 26.2 Å². The Kier molecular flexibility index (Phi) is 5.63. The first-order valence-electron chi connectivity index (χ1n) is 7.97. The summed E-state index contributed by atoms with van der Waals surface area (Å²) in [5, 5.41) is -0.574. The largest absolute Gasteiger partial charge is 0.534 e. The summed E-state index contributed by atoms with van der Waals surface area (Å²) in [6, 6.07) is 0.530. The third kappa shape index (κ3) is 3.72. The number of benzene rings is 1. The number of alkyl halides is 3. The summed E-state index contributed by atoms with van der Waals surface area (Å²) in [7, 11) is -4.59. The molecular formula is C16H13Cl2F3N2O5S. The lowest BCUT2D eigenvalue weighted by atomic mass is 10.0. The zero-order valence-corrected chi connectivity index (χ0v) is 17.2. The molecule has 1 aliphatic rings. The van der Waals surface area contributed by atoms with Crippen LogP contribution >= 0.6 is 23.2 Å². The van der Waals surface area contributed by atoms with Crippen molar-refractivity contribution in [1.82, 2.24) is 9.88 Å². The molecule has 0 saturated heterocycles. The molecule has 158 valence electrons. The van der Waals surface area contributed by atoms with Gasteiger partial charge in [0.15, 0.2) is 5.75 Å². The fourth-order valence-electron chi connectivity index (χ4n) is 3.14. The van der Waals surface area contributed by atoms with Gasteiger partial charge in [0, 0.05) is 25.2 Å². The van der Waals surface area contributed by atoms with Crippen LogP contribution in [0.3, 0.4) is 0 Å². The van der Waals surface area contributed by atoms with E-state index in [9.17, 15) is 26.4 Å². The molecule has 1 aliphatic heterocycles. The highest BCUT2D eigenvalue weighted by Crippen LogP contribution is 2.45. The lowest BCUT2D eigenvalue weighted by molar-refractivity contribution is -0.137. The molecular weight excluding hydrogens is 460 g/mol. The van der Waals surface area contributed by atoms with Gasteiger partial charge in [-0.05, 0) is 24.1 Å². The van der Waals surface area contributed by atoms with Gasteiger partial charge in [0.1, 0.15) is 11.6 Å². The van der Waals surface area contributed by atoms with E-state index in [0.29, 0.717) is 11.1 Å². The summed E-state index contributed by atoms with van der Waals surface area (Å²) < 4.78 is 70.0. The van der Waals surface area contributed by atoms with E-state index in [2.05, 4.69) is 9.17 Å². The van der Waals surface area contributed by atoms with Crippen molar-refractivity contribution in [3.8, 4) is 5.75 Å². The number of carbonyl (C=O) groups is 1. The SMILES string of the molecule is COCC(=O)N1Cc2cnc3c(Cl)c(Cl)c(OS(=O)(=O)C(F)(F)F)cc3c2[C@@H]1C. The number of rotatable bonds is 4. The van der Waals surface area contributed by atoms with Crippen molar-refractivity contribution < 1.29 is 35.3 Å². The molecule has 0 spiro atoms. The number of carbonyl (C=O) groups excluding carboxylic acids is 1. The minimum atomic E-state index is -5.96. The Labute approximate surface area is 173 Å². The van der Waals surface area contributed by atoms with E-state index in [1.54, 1.807) is 6.92 Å². The van der Waals surface area contributed by atoms with Gasteiger partial charge >= 0.3 is 15.6 Å². The third-order valence-electron chi connectivity index (χ3n) is 4.43. The number of halogens is 5. The third-order valence-corrected chi connectivity index (χ3v) is 6.24. The van der Waals surface area contributed by atoms with Crippen molar-refractivity contribution in [2.24, 2.45) is 0 Å². The number of aromatic nitrogens is 1. The molecule has 7 nitrogen and oxygen atoms in total. The van der Waals surface area contributed by atoms with E-state index in [-0.39, 0.29) is 35.0 Å². The number of nitrogens with zero attached hydrogens (tertiary/aromatic N) is 2. The average molecular weight is 473 g/mol. The molecule has 1 atom stereocenters. The Morgan fingerprint density at radius 3 is 2.59 bits per heavy atom. The van der Waals surface area contributed by atoms with Crippen molar-refractivity contribution in [3.63, 3.8) is 0 Å². The summed E-state index contributed by atoms with van der Waals surface area (Å²) in [4.78, 5) is 17.9. The van der Waals surface area contributed by atoms with Crippen molar-refractivity contribution in [3.05, 3.63) is 33.4 Å². The van der Waals surface area contributed by atoms with Crippen LogP contribution in [0.4, 0.5) is 13.2 Å². The standard InChI is InChI=1S/C16H13Cl2F3N2O5S/c1-7-12-8(5-23(7)11(24)6-27-2)4-22-15-9(12)3-10(13(17)14(15)18)28-29(25,26)16(19,20)21/h3-4,7H,5-6H2,1-2H3/t7-/m0/s1. The van der Waals surface area contributed by atoms with Crippen LogP contribution < -0.4 is 4.18 Å². The quantitative estimate of drug-likeness (QED) is 0.496. The van der Waals surface area contributed by atoms with E-state index in [4.69, 9.17) is 27.9 Å². The summed E-state index contributed by atoms with van der Waals surface area (Å²) in [5.41, 5.74) is -4.34. The summed E-state index contributed by atoms with van der Waals surface area (Å²) in [6.45, 7) is 1.74. The normalized spacial score (nSPS) is 16.9. The number of ether oxygens (including phenoxy) is 1. The van der Waals surface area contributed by atoms with E-state index in [0.717, 1.165) is 6.07 Å². The molecule has 2 heterocycles. The molecule has 0 aliphatic carbocycles. The first-order chi connectivity index (χ1) is 13.4. The highest BCUT2D eigenvalue weighted by Gasteiger charge is 2.49. The highest BCUT2D eigenvalue weighted by molar-refractivity contribution is 7.88. The second-order valence-corrected chi connectivity index (χ2v) is 8.50. The Balaban J connectivity index is 2.16. The first kappa shape index (κ1) is 21.9. The molecule has 3 rings (SSSR count). The maximum atomic E-state index is 12.7. The van der Waals surface area contributed by atoms with E-state index in [1.165, 1.54) is 18.2 Å². The fraction of sp³-hybridized carbons (Fsp3) is 0.375. The van der Waals surface area contributed by atoms with Crippen LogP contribution in [0, 0.1) is 0 Å². The van der Waals surface area contributed by atoms with Crippen molar-refractivity contribution in [1.29, 1.82) is 0 Å². The zero-order valence-electron chi connectivity index (χ0n) is 14.9. The van der Waals surface area contributed by atoms with Gasteiger partial charge in [0.25, 0.3) is 0 Å². The molecule has 13 heteroatoms. The fourth-order valence-corrected chi connectivity index (χ4v) is 4.08. The molecule has 1 aromatic carbocycles. The molecule has 0 fully saturated rings. The van der Waals surface area contributed by atoms with E-state index < -0.39 is 32.4 Å². The first-order valence-corrected chi connectivity index (χ1v) is 10.1. The summed E-state index contributed by atoms with van der Waals surface area (Å²) >= 11 is 12.0. The van der Waals surface area contributed by atoms with E-state index in [1.807, 2.05) is 0 Å². The number of methoxy groups -OCH3 is 1. The second-order valence-electron chi connectivity index (χ2n) is 6.21. The topological polar surface area (TPSA) is 85.8 Å². The summed E-state index contributed by atoms with van der Waals surface area (Å²) in [5.74, 6) is -1.09. The molecule has 0 unspecified atom stereocenters. The smallest absolute Gasteiger partial charge is 0.375 e.